The van der Waals surface area contributed by atoms with Gasteiger partial charge in [-0.05, 0) is 78.9 Å². The number of nitrogens with zero attached hydrogens (tertiary/aromatic N) is 1. The minimum atomic E-state index is -0.383. The lowest BCUT2D eigenvalue weighted by Gasteiger charge is -2.13. The Morgan fingerprint density at radius 3 is 2.39 bits per heavy atom. The van der Waals surface area contributed by atoms with E-state index in [0.717, 1.165) is 29.5 Å². The van der Waals surface area contributed by atoms with E-state index < -0.39 is 0 Å². The highest BCUT2D eigenvalue weighted by Gasteiger charge is 2.13. The van der Waals surface area contributed by atoms with Gasteiger partial charge >= 0.3 is 5.97 Å². The monoisotopic (exact) mass is 533 g/mol. The fourth-order valence-corrected chi connectivity index (χ4v) is 3.80. The second-order valence-electron chi connectivity index (χ2n) is 8.48. The molecule has 0 aromatic heterocycles. The van der Waals surface area contributed by atoms with Gasteiger partial charge in [-0.1, -0.05) is 49.2 Å². The first kappa shape index (κ1) is 28.6. The van der Waals surface area contributed by atoms with Crippen LogP contribution in [-0.2, 0) is 11.2 Å². The van der Waals surface area contributed by atoms with Crippen LogP contribution in [0, 0.1) is 11.3 Å². The van der Waals surface area contributed by atoms with Gasteiger partial charge in [-0.15, -0.1) is 0 Å². The van der Waals surface area contributed by atoms with Crippen molar-refractivity contribution in [2.24, 2.45) is 0 Å². The van der Waals surface area contributed by atoms with Crippen LogP contribution >= 0.6 is 11.6 Å². The quantitative estimate of drug-likeness (QED) is 0.0742. The van der Waals surface area contributed by atoms with Gasteiger partial charge in [0.05, 0.1) is 32.0 Å². The van der Waals surface area contributed by atoms with Gasteiger partial charge in [0.2, 0.25) is 0 Å². The smallest absolute Gasteiger partial charge is 0.311 e. The van der Waals surface area contributed by atoms with E-state index in [-0.39, 0.29) is 12.4 Å². The molecule has 0 heterocycles. The highest BCUT2D eigenvalue weighted by Crippen LogP contribution is 2.32. The van der Waals surface area contributed by atoms with E-state index in [9.17, 15) is 10.1 Å². The van der Waals surface area contributed by atoms with E-state index >= 15 is 0 Å². The Balaban J connectivity index is 1.66. The number of rotatable bonds is 13. The van der Waals surface area contributed by atoms with E-state index in [1.54, 1.807) is 48.5 Å². The Hall–Kier alpha value is -3.95. The third kappa shape index (κ3) is 8.29. The molecule has 0 fully saturated rings. The van der Waals surface area contributed by atoms with Crippen molar-refractivity contribution >= 4 is 29.2 Å². The number of esters is 1. The molecule has 0 radical (unpaired) electrons. The molecule has 0 amide bonds. The minimum absolute atomic E-state index is 0.182. The number of allylic oxidation sites excluding steroid dienone is 1. The molecule has 0 aliphatic heterocycles. The van der Waals surface area contributed by atoms with Crippen LogP contribution in [0.2, 0.25) is 5.02 Å². The number of unbranched alkanes of at least 4 members (excludes halogenated alkanes) is 1. The van der Waals surface area contributed by atoms with E-state index in [4.69, 9.17) is 30.5 Å². The van der Waals surface area contributed by atoms with Gasteiger partial charge in [0.1, 0.15) is 0 Å². The van der Waals surface area contributed by atoms with E-state index in [1.807, 2.05) is 25.1 Å². The Morgan fingerprint density at radius 1 is 0.947 bits per heavy atom. The lowest BCUT2D eigenvalue weighted by atomic mass is 10.0. The van der Waals surface area contributed by atoms with Gasteiger partial charge in [0, 0.05) is 11.4 Å². The van der Waals surface area contributed by atoms with Crippen LogP contribution in [0.4, 0.5) is 0 Å². The van der Waals surface area contributed by atoms with Crippen LogP contribution in [-0.4, -0.2) is 26.3 Å². The lowest BCUT2D eigenvalue weighted by Crippen LogP contribution is -2.10. The third-order valence-electron chi connectivity index (χ3n) is 5.68. The van der Waals surface area contributed by atoms with Gasteiger partial charge in [-0.2, -0.15) is 5.26 Å². The topological polar surface area (TPSA) is 77.8 Å². The summed E-state index contributed by atoms with van der Waals surface area (Å²) in [4.78, 5) is 12.6. The average molecular weight is 534 g/mol. The summed E-state index contributed by atoms with van der Waals surface area (Å²) in [5.74, 6) is 1.71. The predicted molar refractivity (Wildman–Crippen MR) is 150 cm³/mol. The highest BCUT2D eigenvalue weighted by atomic mass is 35.5. The molecular formula is C31H32ClNO5. The molecule has 0 N–H and O–H groups in total. The second kappa shape index (κ2) is 14.7. The summed E-state index contributed by atoms with van der Waals surface area (Å²) in [6.45, 7) is 5.20. The van der Waals surface area contributed by atoms with Crippen molar-refractivity contribution in [2.75, 3.05) is 20.3 Å². The van der Waals surface area contributed by atoms with Crippen molar-refractivity contribution in [3.05, 3.63) is 82.4 Å². The third-order valence-corrected chi connectivity index (χ3v) is 5.93. The van der Waals surface area contributed by atoms with Crippen LogP contribution in [0.25, 0.3) is 11.6 Å². The number of carbonyl (C=O) groups is 1. The number of benzene rings is 3. The largest absolute Gasteiger partial charge is 0.493 e. The van der Waals surface area contributed by atoms with E-state index in [1.165, 1.54) is 7.11 Å². The summed E-state index contributed by atoms with van der Waals surface area (Å²) in [5.41, 5.74) is 2.91. The molecular weight excluding hydrogens is 502 g/mol. The molecule has 6 nitrogen and oxygen atoms in total. The molecule has 0 spiro atoms. The van der Waals surface area contributed by atoms with Crippen LogP contribution in [0.5, 0.6) is 23.0 Å². The molecule has 3 aromatic carbocycles. The Kier molecular flexibility index (Phi) is 11.1. The van der Waals surface area contributed by atoms with Crippen molar-refractivity contribution in [3.8, 4) is 29.1 Å². The summed E-state index contributed by atoms with van der Waals surface area (Å²) < 4.78 is 22.6. The summed E-state index contributed by atoms with van der Waals surface area (Å²) in [6, 6.07) is 20.1. The summed E-state index contributed by atoms with van der Waals surface area (Å²) in [7, 11) is 1.50. The molecule has 3 aromatic rings. The first-order valence-electron chi connectivity index (χ1n) is 12.6. The Morgan fingerprint density at radius 2 is 1.71 bits per heavy atom. The zero-order valence-electron chi connectivity index (χ0n) is 22.0. The number of carbonyl (C=O) groups excluding carboxylic acids is 1. The van der Waals surface area contributed by atoms with Crippen molar-refractivity contribution in [3.63, 3.8) is 0 Å². The van der Waals surface area contributed by atoms with Gasteiger partial charge in [0.15, 0.2) is 23.0 Å². The maximum absolute atomic E-state index is 12.6. The molecule has 0 bridgehead atoms. The molecule has 0 unspecified atom stereocenters. The van der Waals surface area contributed by atoms with Gasteiger partial charge in [-0.3, -0.25) is 4.79 Å². The maximum atomic E-state index is 12.6. The molecule has 7 heteroatoms. The lowest BCUT2D eigenvalue weighted by molar-refractivity contribution is -0.134. The standard InChI is InChI=1S/C31H32ClNO5/c1-4-6-17-37-27-14-7-22(19-30(27)36-5-2)9-16-31(34)38-28-15-8-23(20-29(28)35-3)18-25(21-33)24-10-12-26(32)13-11-24/h7-8,10-15,18-20H,4-6,9,16-17H2,1-3H3/b25-18+. The second-order valence-corrected chi connectivity index (χ2v) is 8.91. The summed E-state index contributed by atoms with van der Waals surface area (Å²) in [5, 5.41) is 10.2. The fraction of sp³-hybridized carbons (Fsp3) is 0.290. The van der Waals surface area contributed by atoms with Gasteiger partial charge in [0.25, 0.3) is 0 Å². The molecule has 0 saturated heterocycles. The zero-order chi connectivity index (χ0) is 27.3. The normalized spacial score (nSPS) is 11.0. The molecule has 0 aliphatic carbocycles. The minimum Gasteiger partial charge on any atom is -0.493 e. The molecule has 38 heavy (non-hydrogen) atoms. The van der Waals surface area contributed by atoms with Crippen molar-refractivity contribution in [1.82, 2.24) is 0 Å². The SMILES string of the molecule is CCCCOc1ccc(CCC(=O)Oc2ccc(/C=C(\C#N)c3ccc(Cl)cc3)cc2OC)cc1OCC. The first-order valence-corrected chi connectivity index (χ1v) is 13.0. The number of halogens is 1. The first-order chi connectivity index (χ1) is 18.5. The van der Waals surface area contributed by atoms with Gasteiger partial charge < -0.3 is 18.9 Å². The Bertz CT molecular complexity index is 1290. The van der Waals surface area contributed by atoms with Crippen molar-refractivity contribution < 1.29 is 23.7 Å². The Labute approximate surface area is 229 Å². The molecule has 0 aliphatic rings. The zero-order valence-corrected chi connectivity index (χ0v) is 22.7. The van der Waals surface area contributed by atoms with Crippen LogP contribution in [0.3, 0.4) is 0 Å². The number of hydrogen-bond acceptors (Lipinski definition) is 6. The number of hydrogen-bond donors (Lipinski definition) is 0. The predicted octanol–water partition coefficient (Wildman–Crippen LogP) is 7.53. The highest BCUT2D eigenvalue weighted by molar-refractivity contribution is 6.30. The summed E-state index contributed by atoms with van der Waals surface area (Å²) in [6.07, 6.45) is 4.44. The number of aryl methyl sites for hydroxylation is 1. The van der Waals surface area contributed by atoms with E-state index in [0.29, 0.717) is 53.2 Å². The average Bonchev–Trinajstić information content (AvgIpc) is 2.93. The van der Waals surface area contributed by atoms with Crippen molar-refractivity contribution in [2.45, 2.75) is 39.5 Å². The number of methoxy groups -OCH3 is 1. The number of nitriles is 1. The molecule has 198 valence electrons. The van der Waals surface area contributed by atoms with E-state index in [2.05, 4.69) is 13.0 Å². The van der Waals surface area contributed by atoms with Gasteiger partial charge in [-0.25, -0.2) is 0 Å². The fourth-order valence-electron chi connectivity index (χ4n) is 3.68. The van der Waals surface area contributed by atoms with Crippen LogP contribution in [0.15, 0.2) is 60.7 Å². The van der Waals surface area contributed by atoms with Crippen LogP contribution < -0.4 is 18.9 Å². The van der Waals surface area contributed by atoms with Crippen LogP contribution in [0.1, 0.15) is 49.8 Å². The molecule has 0 saturated carbocycles. The maximum Gasteiger partial charge on any atom is 0.311 e. The number of ether oxygens (including phenoxy) is 4. The van der Waals surface area contributed by atoms with Crippen molar-refractivity contribution in [1.29, 1.82) is 5.26 Å². The molecule has 3 rings (SSSR count). The molecule has 0 atom stereocenters. The summed E-state index contributed by atoms with van der Waals surface area (Å²) >= 11 is 5.95.